The Labute approximate surface area is 146 Å². The van der Waals surface area contributed by atoms with Gasteiger partial charge in [-0.2, -0.15) is 0 Å². The molecule has 24 heavy (non-hydrogen) atoms. The largest absolute Gasteiger partial charge is 0.466 e. The first-order valence-corrected chi connectivity index (χ1v) is 9.12. The number of esters is 2. The third kappa shape index (κ3) is 11.2. The first kappa shape index (κ1) is 22.6. The van der Waals surface area contributed by atoms with Crippen molar-refractivity contribution in [3.63, 3.8) is 0 Å². The van der Waals surface area contributed by atoms with Crippen molar-refractivity contribution in [2.24, 2.45) is 5.92 Å². The maximum absolute atomic E-state index is 12.4. The molecule has 0 spiro atoms. The van der Waals surface area contributed by atoms with Crippen LogP contribution in [0.3, 0.4) is 0 Å². The summed E-state index contributed by atoms with van der Waals surface area (Å²) in [5, 5.41) is 0. The van der Waals surface area contributed by atoms with Gasteiger partial charge in [0.2, 0.25) is 0 Å². The second-order valence-corrected chi connectivity index (χ2v) is 7.08. The Morgan fingerprint density at radius 3 is 2.04 bits per heavy atom. The fourth-order valence-corrected chi connectivity index (χ4v) is 2.34. The maximum atomic E-state index is 12.4. The lowest BCUT2D eigenvalue weighted by atomic mass is 9.95. The number of hydrogen-bond donors (Lipinski definition) is 0. The van der Waals surface area contributed by atoms with Crippen LogP contribution in [0, 0.1) is 5.92 Å². The zero-order valence-electron chi connectivity index (χ0n) is 16.0. The Hall–Kier alpha value is -1.39. The van der Waals surface area contributed by atoms with Gasteiger partial charge in [0, 0.05) is 6.42 Å². The second kappa shape index (κ2) is 12.0. The summed E-state index contributed by atoms with van der Waals surface area (Å²) in [4.78, 5) is 36.3. The summed E-state index contributed by atoms with van der Waals surface area (Å²) >= 11 is 0. The SMILES string of the molecule is CCCCCCCCC(=O)C(CC(=O)OCC)C(=O)OC(C)(C)C. The van der Waals surface area contributed by atoms with Crippen LogP contribution in [0.4, 0.5) is 0 Å². The fraction of sp³-hybridized carbons (Fsp3) is 0.842. The third-order valence-electron chi connectivity index (χ3n) is 3.53. The lowest BCUT2D eigenvalue weighted by molar-refractivity contribution is -0.166. The minimum absolute atomic E-state index is 0.228. The van der Waals surface area contributed by atoms with Crippen LogP contribution in [0.5, 0.6) is 0 Å². The molecule has 0 saturated carbocycles. The van der Waals surface area contributed by atoms with Crippen molar-refractivity contribution in [2.75, 3.05) is 6.61 Å². The molecule has 0 aromatic heterocycles. The summed E-state index contributed by atoms with van der Waals surface area (Å²) in [5.41, 5.74) is -0.690. The number of ketones is 1. The predicted molar refractivity (Wildman–Crippen MR) is 93.6 cm³/mol. The van der Waals surface area contributed by atoms with Gasteiger partial charge in [0.1, 0.15) is 17.3 Å². The monoisotopic (exact) mass is 342 g/mol. The van der Waals surface area contributed by atoms with Crippen molar-refractivity contribution in [3.05, 3.63) is 0 Å². The van der Waals surface area contributed by atoms with Crippen LogP contribution >= 0.6 is 0 Å². The van der Waals surface area contributed by atoms with E-state index in [2.05, 4.69) is 6.92 Å². The van der Waals surface area contributed by atoms with Gasteiger partial charge >= 0.3 is 11.9 Å². The topological polar surface area (TPSA) is 69.7 Å². The minimum atomic E-state index is -1.06. The van der Waals surface area contributed by atoms with Crippen LogP contribution in [0.25, 0.3) is 0 Å². The normalized spacial score (nSPS) is 12.5. The predicted octanol–water partition coefficient (Wildman–Crippen LogP) is 4.22. The van der Waals surface area contributed by atoms with Crippen LogP contribution < -0.4 is 0 Å². The van der Waals surface area contributed by atoms with E-state index in [4.69, 9.17) is 9.47 Å². The summed E-state index contributed by atoms with van der Waals surface area (Å²) < 4.78 is 10.2. The third-order valence-corrected chi connectivity index (χ3v) is 3.53. The Balaban J connectivity index is 4.58. The zero-order chi connectivity index (χ0) is 18.6. The Kier molecular flexibility index (Phi) is 11.3. The van der Waals surface area contributed by atoms with Crippen molar-refractivity contribution < 1.29 is 23.9 Å². The van der Waals surface area contributed by atoms with E-state index >= 15 is 0 Å². The highest BCUT2D eigenvalue weighted by molar-refractivity contribution is 6.01. The van der Waals surface area contributed by atoms with E-state index in [9.17, 15) is 14.4 Å². The quantitative estimate of drug-likeness (QED) is 0.302. The van der Waals surface area contributed by atoms with Gasteiger partial charge in [-0.3, -0.25) is 14.4 Å². The van der Waals surface area contributed by atoms with E-state index in [1.54, 1.807) is 27.7 Å². The molecule has 140 valence electrons. The summed E-state index contributed by atoms with van der Waals surface area (Å²) in [6, 6.07) is 0. The van der Waals surface area contributed by atoms with Crippen molar-refractivity contribution in [3.8, 4) is 0 Å². The molecule has 5 heteroatoms. The van der Waals surface area contributed by atoms with Gasteiger partial charge in [-0.05, 0) is 34.1 Å². The van der Waals surface area contributed by atoms with E-state index in [-0.39, 0.29) is 18.8 Å². The minimum Gasteiger partial charge on any atom is -0.466 e. The average molecular weight is 342 g/mol. The maximum Gasteiger partial charge on any atom is 0.317 e. The first-order valence-electron chi connectivity index (χ1n) is 9.12. The number of ether oxygens (including phenoxy) is 2. The molecule has 0 aliphatic heterocycles. The first-order chi connectivity index (χ1) is 11.2. The molecule has 0 aliphatic rings. The van der Waals surface area contributed by atoms with Crippen LogP contribution in [0.1, 0.15) is 86.0 Å². The van der Waals surface area contributed by atoms with Gasteiger partial charge in [-0.15, -0.1) is 0 Å². The van der Waals surface area contributed by atoms with Crippen molar-refractivity contribution in [1.29, 1.82) is 0 Å². The molecule has 1 atom stereocenters. The van der Waals surface area contributed by atoms with Crippen LogP contribution in [0.2, 0.25) is 0 Å². The van der Waals surface area contributed by atoms with Crippen LogP contribution in [-0.2, 0) is 23.9 Å². The summed E-state index contributed by atoms with van der Waals surface area (Å²) in [6.07, 6.45) is 6.42. The summed E-state index contributed by atoms with van der Waals surface area (Å²) in [6.45, 7) is 9.30. The molecule has 0 heterocycles. The molecular formula is C19H34O5. The average Bonchev–Trinajstić information content (AvgIpc) is 2.46. The number of carbonyl (C=O) groups is 3. The van der Waals surface area contributed by atoms with E-state index in [0.717, 1.165) is 19.3 Å². The second-order valence-electron chi connectivity index (χ2n) is 7.08. The van der Waals surface area contributed by atoms with Crippen molar-refractivity contribution in [2.45, 2.75) is 91.6 Å². The highest BCUT2D eigenvalue weighted by Gasteiger charge is 2.33. The molecule has 0 rings (SSSR count). The van der Waals surface area contributed by atoms with Gasteiger partial charge in [0.15, 0.2) is 0 Å². The van der Waals surface area contributed by atoms with Crippen LogP contribution in [0.15, 0.2) is 0 Å². The van der Waals surface area contributed by atoms with E-state index < -0.39 is 23.5 Å². The lowest BCUT2D eigenvalue weighted by Gasteiger charge is -2.23. The van der Waals surface area contributed by atoms with Gasteiger partial charge in [0.05, 0.1) is 13.0 Å². The molecule has 1 unspecified atom stereocenters. The van der Waals surface area contributed by atoms with Crippen molar-refractivity contribution in [1.82, 2.24) is 0 Å². The number of carbonyl (C=O) groups excluding carboxylic acids is 3. The number of Topliss-reactive ketones (excluding diaryl/α,β-unsaturated/α-hetero) is 1. The van der Waals surface area contributed by atoms with Gasteiger partial charge in [0.25, 0.3) is 0 Å². The summed E-state index contributed by atoms with van der Waals surface area (Å²) in [5.74, 6) is -2.46. The van der Waals surface area contributed by atoms with E-state index in [0.29, 0.717) is 6.42 Å². The molecule has 0 N–H and O–H groups in total. The molecular weight excluding hydrogens is 308 g/mol. The molecule has 0 bridgehead atoms. The highest BCUT2D eigenvalue weighted by atomic mass is 16.6. The summed E-state index contributed by atoms with van der Waals surface area (Å²) in [7, 11) is 0. The molecule has 5 nitrogen and oxygen atoms in total. The van der Waals surface area contributed by atoms with Gasteiger partial charge in [-0.25, -0.2) is 0 Å². The zero-order valence-corrected chi connectivity index (χ0v) is 16.0. The van der Waals surface area contributed by atoms with Crippen LogP contribution in [-0.4, -0.2) is 29.9 Å². The smallest absolute Gasteiger partial charge is 0.317 e. The molecule has 0 amide bonds. The number of unbranched alkanes of at least 4 members (excludes halogenated alkanes) is 5. The molecule has 0 saturated heterocycles. The lowest BCUT2D eigenvalue weighted by Crippen LogP contribution is -2.34. The van der Waals surface area contributed by atoms with Gasteiger partial charge in [-0.1, -0.05) is 39.0 Å². The molecule has 0 aromatic rings. The molecule has 0 fully saturated rings. The molecule has 0 aliphatic carbocycles. The highest BCUT2D eigenvalue weighted by Crippen LogP contribution is 2.18. The Bertz CT molecular complexity index is 395. The fourth-order valence-electron chi connectivity index (χ4n) is 2.34. The Morgan fingerprint density at radius 1 is 0.917 bits per heavy atom. The molecule has 0 aromatic carbocycles. The van der Waals surface area contributed by atoms with E-state index in [1.807, 2.05) is 0 Å². The number of rotatable bonds is 12. The standard InChI is InChI=1S/C19H34O5/c1-6-8-9-10-11-12-13-16(20)15(14-17(21)23-7-2)18(22)24-19(3,4)5/h15H,6-14H2,1-5H3. The number of hydrogen-bond acceptors (Lipinski definition) is 5. The van der Waals surface area contributed by atoms with Crippen molar-refractivity contribution >= 4 is 17.7 Å². The van der Waals surface area contributed by atoms with E-state index in [1.165, 1.54) is 19.3 Å². The molecule has 0 radical (unpaired) electrons. The Morgan fingerprint density at radius 2 is 1.50 bits per heavy atom. The van der Waals surface area contributed by atoms with Gasteiger partial charge < -0.3 is 9.47 Å².